The Balaban J connectivity index is 1.96. The molecule has 2 aromatic heterocycles. The molecule has 0 aliphatic rings. The van der Waals surface area contributed by atoms with Crippen molar-refractivity contribution in [2.24, 2.45) is 0 Å². The lowest BCUT2D eigenvalue weighted by atomic mass is 10.1. The van der Waals surface area contributed by atoms with Crippen molar-refractivity contribution in [3.63, 3.8) is 0 Å². The number of aromatic nitrogens is 4. The molecular formula is C17H20N6O. The van der Waals surface area contributed by atoms with Crippen molar-refractivity contribution >= 4 is 22.8 Å². The standard InChI is InChI=1S/C17H20N6O/c1-4-5-15(24)21-22-16-13-9-20-23(17(13)19-10-18-16)14-7-6-11(2)8-12(14)3/h6-10H,4-5H2,1-3H3,(H,21,24)(H,18,19,22). The van der Waals surface area contributed by atoms with Gasteiger partial charge in [0.1, 0.15) is 6.33 Å². The summed E-state index contributed by atoms with van der Waals surface area (Å²) in [5.41, 5.74) is 9.47. The maximum Gasteiger partial charge on any atom is 0.238 e. The van der Waals surface area contributed by atoms with Crippen molar-refractivity contribution in [2.75, 3.05) is 5.43 Å². The summed E-state index contributed by atoms with van der Waals surface area (Å²) >= 11 is 0. The third-order valence-corrected chi connectivity index (χ3v) is 3.74. The molecule has 0 saturated carbocycles. The lowest BCUT2D eigenvalue weighted by molar-refractivity contribution is -0.120. The van der Waals surface area contributed by atoms with Gasteiger partial charge >= 0.3 is 0 Å². The van der Waals surface area contributed by atoms with Crippen molar-refractivity contribution in [1.29, 1.82) is 0 Å². The lowest BCUT2D eigenvalue weighted by Crippen LogP contribution is -2.29. The Morgan fingerprint density at radius 1 is 1.25 bits per heavy atom. The van der Waals surface area contributed by atoms with E-state index in [0.717, 1.165) is 23.1 Å². The van der Waals surface area contributed by atoms with E-state index < -0.39 is 0 Å². The Hall–Kier alpha value is -2.96. The average molecular weight is 324 g/mol. The number of fused-ring (bicyclic) bond motifs is 1. The fraction of sp³-hybridized carbons (Fsp3) is 0.294. The Morgan fingerprint density at radius 3 is 2.83 bits per heavy atom. The van der Waals surface area contributed by atoms with E-state index in [-0.39, 0.29) is 5.91 Å². The summed E-state index contributed by atoms with van der Waals surface area (Å²) in [5, 5.41) is 5.19. The van der Waals surface area contributed by atoms with Crippen molar-refractivity contribution in [3.05, 3.63) is 41.9 Å². The number of carbonyl (C=O) groups excluding carboxylic acids is 1. The highest BCUT2D eigenvalue weighted by Crippen LogP contribution is 2.23. The molecule has 0 radical (unpaired) electrons. The van der Waals surface area contributed by atoms with Crippen molar-refractivity contribution < 1.29 is 4.79 Å². The molecule has 3 aromatic rings. The van der Waals surface area contributed by atoms with Gasteiger partial charge < -0.3 is 0 Å². The van der Waals surface area contributed by atoms with Gasteiger partial charge in [0.05, 0.1) is 17.3 Å². The molecule has 1 aromatic carbocycles. The molecule has 1 amide bonds. The van der Waals surface area contributed by atoms with E-state index in [1.54, 1.807) is 10.9 Å². The van der Waals surface area contributed by atoms with Crippen LogP contribution in [-0.4, -0.2) is 25.7 Å². The minimum Gasteiger partial charge on any atom is -0.281 e. The smallest absolute Gasteiger partial charge is 0.238 e. The highest BCUT2D eigenvalue weighted by atomic mass is 16.2. The summed E-state index contributed by atoms with van der Waals surface area (Å²) in [6.07, 6.45) is 4.40. The van der Waals surface area contributed by atoms with Crippen LogP contribution in [0.2, 0.25) is 0 Å². The molecule has 7 heteroatoms. The number of nitrogens with one attached hydrogen (secondary N) is 2. The van der Waals surface area contributed by atoms with Crippen LogP contribution < -0.4 is 10.9 Å². The van der Waals surface area contributed by atoms with Crippen molar-refractivity contribution in [3.8, 4) is 5.69 Å². The van der Waals surface area contributed by atoms with Gasteiger partial charge in [-0.25, -0.2) is 14.6 Å². The van der Waals surface area contributed by atoms with Gasteiger partial charge in [0, 0.05) is 6.42 Å². The summed E-state index contributed by atoms with van der Waals surface area (Å²) < 4.78 is 1.78. The molecule has 0 aliphatic carbocycles. The molecule has 2 N–H and O–H groups in total. The minimum atomic E-state index is -0.0777. The van der Waals surface area contributed by atoms with E-state index in [0.29, 0.717) is 17.9 Å². The van der Waals surface area contributed by atoms with Gasteiger partial charge in [0.2, 0.25) is 5.91 Å². The molecule has 7 nitrogen and oxygen atoms in total. The van der Waals surface area contributed by atoms with Crippen LogP contribution in [0, 0.1) is 13.8 Å². The lowest BCUT2D eigenvalue weighted by Gasteiger charge is -2.09. The number of rotatable bonds is 5. The molecule has 124 valence electrons. The van der Waals surface area contributed by atoms with Gasteiger partial charge in [0.25, 0.3) is 0 Å². The predicted octanol–water partition coefficient (Wildman–Crippen LogP) is 2.68. The van der Waals surface area contributed by atoms with E-state index in [9.17, 15) is 4.79 Å². The fourth-order valence-corrected chi connectivity index (χ4v) is 2.58. The van der Waals surface area contributed by atoms with E-state index >= 15 is 0 Å². The monoisotopic (exact) mass is 324 g/mol. The molecule has 0 atom stereocenters. The number of nitrogens with zero attached hydrogens (tertiary/aromatic N) is 4. The Morgan fingerprint density at radius 2 is 2.08 bits per heavy atom. The SMILES string of the molecule is CCCC(=O)NNc1ncnc2c1cnn2-c1ccc(C)cc1C. The number of amides is 1. The van der Waals surface area contributed by atoms with E-state index in [4.69, 9.17) is 0 Å². The molecule has 0 spiro atoms. The van der Waals surface area contributed by atoms with Gasteiger partial charge in [-0.1, -0.05) is 24.6 Å². The zero-order valence-electron chi connectivity index (χ0n) is 14.0. The summed E-state index contributed by atoms with van der Waals surface area (Å²) in [6, 6.07) is 6.17. The van der Waals surface area contributed by atoms with Crippen LogP contribution >= 0.6 is 0 Å². The fourth-order valence-electron chi connectivity index (χ4n) is 2.58. The van der Waals surface area contributed by atoms with E-state index in [1.807, 2.05) is 26.0 Å². The van der Waals surface area contributed by atoms with Crippen molar-refractivity contribution in [1.82, 2.24) is 25.2 Å². The first-order valence-corrected chi connectivity index (χ1v) is 7.91. The number of carbonyl (C=O) groups is 1. The number of hydrogen-bond acceptors (Lipinski definition) is 5. The molecule has 0 aliphatic heterocycles. The zero-order valence-corrected chi connectivity index (χ0v) is 14.0. The molecule has 0 unspecified atom stereocenters. The summed E-state index contributed by atoms with van der Waals surface area (Å²) in [5.74, 6) is 0.450. The summed E-state index contributed by atoms with van der Waals surface area (Å²) in [7, 11) is 0. The zero-order chi connectivity index (χ0) is 17.1. The summed E-state index contributed by atoms with van der Waals surface area (Å²) in [4.78, 5) is 20.2. The number of hydrogen-bond donors (Lipinski definition) is 2. The van der Waals surface area contributed by atoms with Gasteiger partial charge in [0.15, 0.2) is 11.5 Å². The van der Waals surface area contributed by atoms with Gasteiger partial charge in [-0.3, -0.25) is 15.6 Å². The van der Waals surface area contributed by atoms with Crippen LogP contribution in [0.25, 0.3) is 16.7 Å². The third kappa shape index (κ3) is 3.05. The molecule has 0 bridgehead atoms. The molecule has 0 saturated heterocycles. The van der Waals surface area contributed by atoms with Crippen LogP contribution in [0.4, 0.5) is 5.82 Å². The van der Waals surface area contributed by atoms with Crippen LogP contribution in [0.15, 0.2) is 30.7 Å². The first kappa shape index (κ1) is 15.9. The van der Waals surface area contributed by atoms with Gasteiger partial charge in [-0.15, -0.1) is 0 Å². The van der Waals surface area contributed by atoms with E-state index in [1.165, 1.54) is 11.9 Å². The highest BCUT2D eigenvalue weighted by molar-refractivity contribution is 5.88. The summed E-state index contributed by atoms with van der Waals surface area (Å²) in [6.45, 7) is 6.05. The Kier molecular flexibility index (Phi) is 4.41. The largest absolute Gasteiger partial charge is 0.281 e. The van der Waals surface area contributed by atoms with Crippen LogP contribution in [0.5, 0.6) is 0 Å². The average Bonchev–Trinajstić information content (AvgIpc) is 2.98. The first-order valence-electron chi connectivity index (χ1n) is 7.91. The van der Waals surface area contributed by atoms with E-state index in [2.05, 4.69) is 38.9 Å². The van der Waals surface area contributed by atoms with Crippen LogP contribution in [0.3, 0.4) is 0 Å². The molecular weight excluding hydrogens is 304 g/mol. The predicted molar refractivity (Wildman–Crippen MR) is 92.8 cm³/mol. The third-order valence-electron chi connectivity index (χ3n) is 3.74. The number of aryl methyl sites for hydroxylation is 2. The Labute approximate surface area is 140 Å². The molecule has 0 fully saturated rings. The number of anilines is 1. The molecule has 24 heavy (non-hydrogen) atoms. The van der Waals surface area contributed by atoms with Crippen molar-refractivity contribution in [2.45, 2.75) is 33.6 Å². The second-order valence-corrected chi connectivity index (χ2v) is 5.73. The molecule has 3 rings (SSSR count). The minimum absolute atomic E-state index is 0.0777. The highest BCUT2D eigenvalue weighted by Gasteiger charge is 2.13. The van der Waals surface area contributed by atoms with Gasteiger partial charge in [-0.2, -0.15) is 5.10 Å². The normalized spacial score (nSPS) is 10.8. The quantitative estimate of drug-likeness (QED) is 0.705. The second kappa shape index (κ2) is 6.66. The maximum atomic E-state index is 11.6. The number of hydrazine groups is 1. The Bertz CT molecular complexity index is 886. The second-order valence-electron chi connectivity index (χ2n) is 5.73. The topological polar surface area (TPSA) is 84.7 Å². The molecule has 2 heterocycles. The number of benzene rings is 1. The van der Waals surface area contributed by atoms with Gasteiger partial charge in [-0.05, 0) is 31.9 Å². The van der Waals surface area contributed by atoms with Crippen LogP contribution in [-0.2, 0) is 4.79 Å². The van der Waals surface area contributed by atoms with Crippen LogP contribution in [0.1, 0.15) is 30.9 Å². The maximum absolute atomic E-state index is 11.6. The first-order chi connectivity index (χ1) is 11.6.